The Balaban J connectivity index is 1.98. The quantitative estimate of drug-likeness (QED) is 0.705. The summed E-state index contributed by atoms with van der Waals surface area (Å²) in [5, 5.41) is 10.5. The first kappa shape index (κ1) is 15.9. The molecule has 4 rings (SSSR count). The van der Waals surface area contributed by atoms with Gasteiger partial charge in [0.1, 0.15) is 6.17 Å². The summed E-state index contributed by atoms with van der Waals surface area (Å²) in [5.41, 5.74) is 5.77. The van der Waals surface area contributed by atoms with Crippen LogP contribution in [-0.2, 0) is 12.8 Å². The molecule has 1 fully saturated rings. The molecule has 0 bridgehead atoms. The number of aryl methyl sites for hydroxylation is 1. The first-order chi connectivity index (χ1) is 11.6. The van der Waals surface area contributed by atoms with E-state index in [2.05, 4.69) is 0 Å². The zero-order chi connectivity index (χ0) is 16.8. The van der Waals surface area contributed by atoms with Crippen molar-refractivity contribution in [3.63, 3.8) is 0 Å². The van der Waals surface area contributed by atoms with Crippen LogP contribution >= 0.6 is 0 Å². The van der Waals surface area contributed by atoms with Crippen LogP contribution in [0.2, 0.25) is 0 Å². The molecule has 24 heavy (non-hydrogen) atoms. The van der Waals surface area contributed by atoms with Gasteiger partial charge in [-0.2, -0.15) is 0 Å². The van der Waals surface area contributed by atoms with Crippen LogP contribution in [0.1, 0.15) is 62.1 Å². The lowest BCUT2D eigenvalue weighted by Crippen LogP contribution is -2.23. The molecule has 3 heteroatoms. The van der Waals surface area contributed by atoms with E-state index < -0.39 is 12.0 Å². The van der Waals surface area contributed by atoms with Gasteiger partial charge < -0.3 is 5.11 Å². The molecule has 0 spiro atoms. The van der Waals surface area contributed by atoms with Crippen molar-refractivity contribution in [1.29, 1.82) is 0 Å². The van der Waals surface area contributed by atoms with Gasteiger partial charge in [0.05, 0.1) is 0 Å². The van der Waals surface area contributed by atoms with Crippen molar-refractivity contribution >= 4 is 5.57 Å². The van der Waals surface area contributed by atoms with Gasteiger partial charge in [-0.15, -0.1) is 0 Å². The molecule has 1 N–H and O–H groups in total. The molecule has 1 aromatic carbocycles. The molecule has 1 saturated carbocycles. The largest absolute Gasteiger partial charge is 0.504 e. The number of aromatic hydroxyl groups is 1. The highest BCUT2D eigenvalue weighted by molar-refractivity contribution is 5.82. The fraction of sp³-hybridized carbons (Fsp3) is 0.524. The first-order valence-electron chi connectivity index (χ1n) is 9.19. The summed E-state index contributed by atoms with van der Waals surface area (Å²) in [6, 6.07) is 1.48. The number of phenols is 1. The van der Waals surface area contributed by atoms with Gasteiger partial charge in [-0.25, -0.2) is 8.78 Å². The highest BCUT2D eigenvalue weighted by Crippen LogP contribution is 2.48. The Morgan fingerprint density at radius 2 is 1.75 bits per heavy atom. The predicted molar refractivity (Wildman–Crippen MR) is 92.2 cm³/mol. The van der Waals surface area contributed by atoms with E-state index in [0.29, 0.717) is 5.56 Å². The third-order valence-electron chi connectivity index (χ3n) is 5.97. The Kier molecular flexibility index (Phi) is 3.98. The second-order valence-corrected chi connectivity index (χ2v) is 7.45. The van der Waals surface area contributed by atoms with Crippen LogP contribution < -0.4 is 0 Å². The van der Waals surface area contributed by atoms with Crippen LogP contribution in [0.15, 0.2) is 23.3 Å². The third kappa shape index (κ3) is 2.40. The summed E-state index contributed by atoms with van der Waals surface area (Å²) in [7, 11) is 0. The normalized spacial score (nSPS) is 26.7. The van der Waals surface area contributed by atoms with Crippen LogP contribution in [0.25, 0.3) is 5.57 Å². The van der Waals surface area contributed by atoms with Gasteiger partial charge in [0.25, 0.3) is 0 Å². The highest BCUT2D eigenvalue weighted by Gasteiger charge is 2.34. The van der Waals surface area contributed by atoms with Crippen molar-refractivity contribution in [2.24, 2.45) is 5.92 Å². The molecule has 0 saturated heterocycles. The summed E-state index contributed by atoms with van der Waals surface area (Å²) in [4.78, 5) is 0. The Morgan fingerprint density at radius 3 is 2.58 bits per heavy atom. The maximum Gasteiger partial charge on any atom is 0.165 e. The molecular weight excluding hydrogens is 306 g/mol. The Morgan fingerprint density at radius 1 is 1.04 bits per heavy atom. The lowest BCUT2D eigenvalue weighted by atomic mass is 9.72. The maximum absolute atomic E-state index is 14.7. The standard InChI is InChI=1S/C21H24F2O/c1-12-17(22)10-13-6-2-4-8-15(13)19(12)20-16-9-5-3-7-14(16)11-18(23)21(20)24/h10-12,17,24H,2-9H2,1H3. The monoisotopic (exact) mass is 330 g/mol. The average Bonchev–Trinajstić information content (AvgIpc) is 2.58. The SMILES string of the molecule is CC1C(c2c(O)c(F)cc3c2CCCC3)=C2CCCCC2=CC1F. The van der Waals surface area contributed by atoms with Gasteiger partial charge in [-0.05, 0) is 91.4 Å². The molecule has 2 unspecified atom stereocenters. The number of benzene rings is 1. The number of fused-ring (bicyclic) bond motifs is 2. The molecule has 3 aliphatic rings. The second-order valence-electron chi connectivity index (χ2n) is 7.45. The third-order valence-corrected chi connectivity index (χ3v) is 5.97. The lowest BCUT2D eigenvalue weighted by Gasteiger charge is -2.34. The topological polar surface area (TPSA) is 20.2 Å². The van der Waals surface area contributed by atoms with E-state index >= 15 is 0 Å². The molecular formula is C21H24F2O. The minimum absolute atomic E-state index is 0.274. The fourth-order valence-electron chi connectivity index (χ4n) is 4.72. The van der Waals surface area contributed by atoms with Crippen LogP contribution in [0.3, 0.4) is 0 Å². The molecule has 0 amide bonds. The fourth-order valence-corrected chi connectivity index (χ4v) is 4.72. The Bertz CT molecular complexity index is 745. The van der Waals surface area contributed by atoms with Gasteiger partial charge in [-0.1, -0.05) is 6.92 Å². The summed E-state index contributed by atoms with van der Waals surface area (Å²) in [5.74, 6) is -1.17. The number of rotatable bonds is 1. The Hall–Kier alpha value is -1.64. The van der Waals surface area contributed by atoms with E-state index in [-0.39, 0.29) is 11.7 Å². The van der Waals surface area contributed by atoms with Crippen LogP contribution in [0.5, 0.6) is 5.75 Å². The number of alkyl halides is 1. The highest BCUT2D eigenvalue weighted by atomic mass is 19.1. The van der Waals surface area contributed by atoms with Crippen molar-refractivity contribution < 1.29 is 13.9 Å². The minimum Gasteiger partial charge on any atom is -0.504 e. The van der Waals surface area contributed by atoms with Gasteiger partial charge >= 0.3 is 0 Å². The van der Waals surface area contributed by atoms with Gasteiger partial charge in [0.2, 0.25) is 0 Å². The van der Waals surface area contributed by atoms with Gasteiger partial charge in [0, 0.05) is 11.5 Å². The molecule has 0 radical (unpaired) electrons. The van der Waals surface area contributed by atoms with Crippen LogP contribution in [0, 0.1) is 11.7 Å². The van der Waals surface area contributed by atoms with Crippen LogP contribution in [-0.4, -0.2) is 11.3 Å². The predicted octanol–water partition coefficient (Wildman–Crippen LogP) is 5.65. The van der Waals surface area contributed by atoms with Crippen molar-refractivity contribution in [3.8, 4) is 5.75 Å². The minimum atomic E-state index is -1.06. The van der Waals surface area contributed by atoms with E-state index in [0.717, 1.165) is 79.2 Å². The van der Waals surface area contributed by atoms with Gasteiger partial charge in [-0.3, -0.25) is 0 Å². The molecule has 2 atom stereocenters. The van der Waals surface area contributed by atoms with Crippen molar-refractivity contribution in [3.05, 3.63) is 45.8 Å². The summed E-state index contributed by atoms with van der Waals surface area (Å²) >= 11 is 0. The molecule has 128 valence electrons. The second kappa shape index (κ2) is 6.02. The van der Waals surface area contributed by atoms with E-state index in [9.17, 15) is 13.9 Å². The van der Waals surface area contributed by atoms with Crippen molar-refractivity contribution in [2.75, 3.05) is 0 Å². The molecule has 3 aliphatic carbocycles. The molecule has 1 aromatic rings. The van der Waals surface area contributed by atoms with E-state index in [4.69, 9.17) is 0 Å². The van der Waals surface area contributed by atoms with Crippen molar-refractivity contribution in [2.45, 2.75) is 64.5 Å². The summed E-state index contributed by atoms with van der Waals surface area (Å²) in [6.07, 6.45) is 8.45. The van der Waals surface area contributed by atoms with Crippen LogP contribution in [0.4, 0.5) is 8.78 Å². The van der Waals surface area contributed by atoms with Crippen molar-refractivity contribution in [1.82, 2.24) is 0 Å². The lowest BCUT2D eigenvalue weighted by molar-refractivity contribution is 0.334. The first-order valence-corrected chi connectivity index (χ1v) is 9.19. The number of halogens is 2. The molecule has 0 aromatic heterocycles. The number of hydrogen-bond acceptors (Lipinski definition) is 1. The van der Waals surface area contributed by atoms with E-state index in [1.54, 1.807) is 6.08 Å². The Labute approximate surface area is 142 Å². The molecule has 1 nitrogen and oxygen atoms in total. The van der Waals surface area contributed by atoms with E-state index in [1.807, 2.05) is 6.92 Å². The zero-order valence-electron chi connectivity index (χ0n) is 14.2. The molecule has 0 heterocycles. The number of hydrogen-bond donors (Lipinski definition) is 1. The number of allylic oxidation sites excluding steroid dienone is 4. The number of phenolic OH excluding ortho intramolecular Hbond substituents is 1. The average molecular weight is 330 g/mol. The van der Waals surface area contributed by atoms with E-state index in [1.165, 1.54) is 6.07 Å². The zero-order valence-corrected chi connectivity index (χ0v) is 14.2. The van der Waals surface area contributed by atoms with Gasteiger partial charge in [0.15, 0.2) is 11.6 Å². The summed E-state index contributed by atoms with van der Waals surface area (Å²) in [6.45, 7) is 1.87. The molecule has 0 aliphatic heterocycles. The summed E-state index contributed by atoms with van der Waals surface area (Å²) < 4.78 is 29.1. The smallest absolute Gasteiger partial charge is 0.165 e. The maximum atomic E-state index is 14.7.